The van der Waals surface area contributed by atoms with Crippen LogP contribution in [0.25, 0.3) is 0 Å². The standard InChI is InChI=1S/C20H30N6O2.2CH2O2/c1-4-9-28-17-10-15(20(27)23-11-18-21-7-8-22-18)5-6-16(17)26-19-13(2)14(3)24-12-25-19;2*2-1-3/h7-8,12,15-17H,4-6,9-11H2,1-3H3,(H,21,22)(H,23,27)(H,24,25,26);2*1H,(H,2,3)/t15-,16-,17-;;/m0../s1. The van der Waals surface area contributed by atoms with Crippen LogP contribution in [0.2, 0.25) is 0 Å². The van der Waals surface area contributed by atoms with Crippen LogP contribution in [-0.4, -0.2) is 67.8 Å². The van der Waals surface area contributed by atoms with Crippen LogP contribution in [0.3, 0.4) is 0 Å². The third kappa shape index (κ3) is 9.53. The lowest BCUT2D eigenvalue weighted by molar-refractivity contribution is -0.128. The number of rotatable bonds is 8. The van der Waals surface area contributed by atoms with Gasteiger partial charge in [0, 0.05) is 36.2 Å². The number of ether oxygens (including phenoxy) is 1. The number of imidazole rings is 1. The van der Waals surface area contributed by atoms with Crippen molar-refractivity contribution in [3.63, 3.8) is 0 Å². The molecule has 2 heterocycles. The van der Waals surface area contributed by atoms with Gasteiger partial charge in [0.2, 0.25) is 5.91 Å². The number of carboxylic acid groups (broad SMARTS) is 2. The van der Waals surface area contributed by atoms with Gasteiger partial charge in [-0.1, -0.05) is 6.92 Å². The van der Waals surface area contributed by atoms with Crippen molar-refractivity contribution in [1.82, 2.24) is 25.3 Å². The van der Waals surface area contributed by atoms with Crippen molar-refractivity contribution in [1.29, 1.82) is 0 Å². The summed E-state index contributed by atoms with van der Waals surface area (Å²) in [6, 6.07) is 0.133. The van der Waals surface area contributed by atoms with Crippen molar-refractivity contribution in [3.05, 3.63) is 35.8 Å². The highest BCUT2D eigenvalue weighted by Crippen LogP contribution is 2.30. The predicted molar refractivity (Wildman–Crippen MR) is 124 cm³/mol. The first-order valence-electron chi connectivity index (χ1n) is 11.0. The third-order valence-corrected chi connectivity index (χ3v) is 5.34. The number of amides is 1. The van der Waals surface area contributed by atoms with Crippen LogP contribution in [-0.2, 0) is 25.7 Å². The minimum atomic E-state index is -0.250. The van der Waals surface area contributed by atoms with E-state index in [4.69, 9.17) is 24.5 Å². The Hall–Kier alpha value is -3.54. The minimum absolute atomic E-state index is 0.0252. The van der Waals surface area contributed by atoms with Crippen LogP contribution in [0.4, 0.5) is 5.82 Å². The molecule has 3 rings (SSSR count). The number of nitrogens with one attached hydrogen (secondary N) is 3. The van der Waals surface area contributed by atoms with Gasteiger partial charge in [0.15, 0.2) is 0 Å². The Balaban J connectivity index is 0.000000872. The number of nitrogens with zero attached hydrogens (tertiary/aromatic N) is 3. The van der Waals surface area contributed by atoms with Crippen molar-refractivity contribution >= 4 is 24.7 Å². The Labute approximate surface area is 198 Å². The van der Waals surface area contributed by atoms with Crippen LogP contribution in [0.5, 0.6) is 0 Å². The Morgan fingerprint density at radius 1 is 1.21 bits per heavy atom. The summed E-state index contributed by atoms with van der Waals surface area (Å²) in [5.41, 5.74) is 2.02. The highest BCUT2D eigenvalue weighted by molar-refractivity contribution is 5.78. The van der Waals surface area contributed by atoms with E-state index in [1.807, 2.05) is 13.8 Å². The molecule has 0 radical (unpaired) electrons. The maximum atomic E-state index is 12.6. The molecule has 3 atom stereocenters. The molecule has 2 aromatic heterocycles. The number of carbonyl (C=O) groups is 3. The van der Waals surface area contributed by atoms with Crippen LogP contribution in [0, 0.1) is 19.8 Å². The molecule has 0 saturated heterocycles. The molecule has 0 bridgehead atoms. The lowest BCUT2D eigenvalue weighted by atomic mass is 9.83. The van der Waals surface area contributed by atoms with Crippen LogP contribution < -0.4 is 10.6 Å². The molecule has 1 amide bonds. The number of aromatic nitrogens is 4. The van der Waals surface area contributed by atoms with Gasteiger partial charge in [-0.15, -0.1) is 0 Å². The van der Waals surface area contributed by atoms with Crippen LogP contribution >= 0.6 is 0 Å². The topological polar surface area (TPSA) is 179 Å². The molecule has 2 aromatic rings. The molecule has 1 aliphatic rings. The summed E-state index contributed by atoms with van der Waals surface area (Å²) in [5.74, 6) is 1.62. The molecule has 34 heavy (non-hydrogen) atoms. The molecule has 1 saturated carbocycles. The fourth-order valence-corrected chi connectivity index (χ4v) is 3.55. The average Bonchev–Trinajstić information content (AvgIpc) is 3.34. The van der Waals surface area contributed by atoms with Crippen molar-refractivity contribution in [2.24, 2.45) is 5.92 Å². The fraction of sp³-hybridized carbons (Fsp3) is 0.545. The molecule has 12 heteroatoms. The maximum absolute atomic E-state index is 12.6. The van der Waals surface area contributed by atoms with Gasteiger partial charge in [-0.05, 0) is 39.5 Å². The molecule has 0 unspecified atom stereocenters. The van der Waals surface area contributed by atoms with Crippen LogP contribution in [0.1, 0.15) is 49.7 Å². The van der Waals surface area contributed by atoms with Crippen molar-refractivity contribution in [3.8, 4) is 0 Å². The van der Waals surface area contributed by atoms with E-state index in [1.165, 1.54) is 0 Å². The van der Waals surface area contributed by atoms with Gasteiger partial charge in [-0.2, -0.15) is 0 Å². The molecule has 0 aromatic carbocycles. The molecule has 1 fully saturated rings. The van der Waals surface area contributed by atoms with Crippen molar-refractivity contribution < 1.29 is 29.3 Å². The van der Waals surface area contributed by atoms with E-state index < -0.39 is 0 Å². The number of aromatic amines is 1. The van der Waals surface area contributed by atoms with Gasteiger partial charge >= 0.3 is 0 Å². The van der Waals surface area contributed by atoms with E-state index in [0.29, 0.717) is 19.6 Å². The van der Waals surface area contributed by atoms with Gasteiger partial charge < -0.3 is 30.6 Å². The first kappa shape index (κ1) is 28.5. The zero-order valence-corrected chi connectivity index (χ0v) is 19.7. The SMILES string of the molecule is CCCO[C@H]1C[C@@H](C(=O)NCc2ncc[nH]2)CC[C@@H]1Nc1ncnc(C)c1C.O=CO.O=CO. The first-order chi connectivity index (χ1) is 16.4. The molecule has 12 nitrogen and oxygen atoms in total. The molecule has 188 valence electrons. The quantitative estimate of drug-likeness (QED) is 0.352. The second kappa shape index (κ2) is 16.1. The number of aryl methyl sites for hydroxylation is 1. The predicted octanol–water partition coefficient (Wildman–Crippen LogP) is 1.91. The van der Waals surface area contributed by atoms with E-state index in [9.17, 15) is 4.79 Å². The second-order valence-electron chi connectivity index (χ2n) is 7.57. The highest BCUT2D eigenvalue weighted by atomic mass is 16.5. The van der Waals surface area contributed by atoms with Crippen LogP contribution in [0.15, 0.2) is 18.7 Å². The summed E-state index contributed by atoms with van der Waals surface area (Å²) in [5, 5.41) is 20.3. The Bertz CT molecular complexity index is 858. The van der Waals surface area contributed by atoms with Gasteiger partial charge in [-0.3, -0.25) is 14.4 Å². The summed E-state index contributed by atoms with van der Waals surface area (Å²) in [6.07, 6.45) is 8.32. The Kier molecular flexibility index (Phi) is 13.5. The Morgan fingerprint density at radius 3 is 2.53 bits per heavy atom. The molecule has 0 spiro atoms. The molecular weight excluding hydrogens is 444 g/mol. The number of carbonyl (C=O) groups excluding carboxylic acids is 1. The third-order valence-electron chi connectivity index (χ3n) is 5.34. The van der Waals surface area contributed by atoms with E-state index >= 15 is 0 Å². The zero-order chi connectivity index (χ0) is 25.3. The first-order valence-corrected chi connectivity index (χ1v) is 11.0. The average molecular weight is 479 g/mol. The van der Waals surface area contributed by atoms with E-state index in [-0.39, 0.29) is 36.9 Å². The zero-order valence-electron chi connectivity index (χ0n) is 19.7. The summed E-state index contributed by atoms with van der Waals surface area (Å²) in [4.78, 5) is 45.1. The number of H-pyrrole nitrogens is 1. The molecule has 0 aliphatic heterocycles. The van der Waals surface area contributed by atoms with Crippen molar-refractivity contribution in [2.75, 3.05) is 11.9 Å². The largest absolute Gasteiger partial charge is 0.483 e. The lowest BCUT2D eigenvalue weighted by Gasteiger charge is -2.36. The second-order valence-corrected chi connectivity index (χ2v) is 7.57. The monoisotopic (exact) mass is 478 g/mol. The number of anilines is 1. The molecule has 1 aliphatic carbocycles. The minimum Gasteiger partial charge on any atom is -0.483 e. The smallest absolute Gasteiger partial charge is 0.290 e. The lowest BCUT2D eigenvalue weighted by Crippen LogP contribution is -2.45. The summed E-state index contributed by atoms with van der Waals surface area (Å²) < 4.78 is 6.11. The highest BCUT2D eigenvalue weighted by Gasteiger charge is 2.35. The maximum Gasteiger partial charge on any atom is 0.290 e. The fourth-order valence-electron chi connectivity index (χ4n) is 3.55. The van der Waals surface area contributed by atoms with Crippen molar-refractivity contribution in [2.45, 2.75) is 65.1 Å². The number of hydrogen-bond donors (Lipinski definition) is 5. The molecular formula is C22H34N6O6. The van der Waals surface area contributed by atoms with E-state index in [1.54, 1.807) is 18.7 Å². The Morgan fingerprint density at radius 2 is 1.91 bits per heavy atom. The molecule has 5 N–H and O–H groups in total. The van der Waals surface area contributed by atoms with Gasteiger partial charge in [0.05, 0.1) is 18.7 Å². The summed E-state index contributed by atoms with van der Waals surface area (Å²) in [6.45, 7) is 6.70. The van der Waals surface area contributed by atoms with Gasteiger partial charge in [0.25, 0.3) is 12.9 Å². The summed E-state index contributed by atoms with van der Waals surface area (Å²) in [7, 11) is 0. The van der Waals surface area contributed by atoms with Gasteiger partial charge in [0.1, 0.15) is 18.0 Å². The number of hydrogen-bond acceptors (Lipinski definition) is 8. The normalized spacial score (nSPS) is 18.9. The van der Waals surface area contributed by atoms with E-state index in [2.05, 4.69) is 37.5 Å². The van der Waals surface area contributed by atoms with E-state index in [0.717, 1.165) is 42.2 Å². The van der Waals surface area contributed by atoms with Gasteiger partial charge in [-0.25, -0.2) is 15.0 Å². The summed E-state index contributed by atoms with van der Waals surface area (Å²) >= 11 is 0.